The quantitative estimate of drug-likeness (QED) is 0.391. The number of carbonyl (C=O) groups excluding carboxylic acids is 1. The van der Waals surface area contributed by atoms with E-state index in [4.69, 9.17) is 11.6 Å². The van der Waals surface area contributed by atoms with Gasteiger partial charge in [-0.15, -0.1) is 11.3 Å². The number of halogens is 1. The number of hydrogen-bond donors (Lipinski definition) is 2. The van der Waals surface area contributed by atoms with Crippen LogP contribution in [0.1, 0.15) is 5.69 Å². The lowest BCUT2D eigenvalue weighted by atomic mass is 10.1. The number of carbonyl (C=O) groups is 1. The second kappa shape index (κ2) is 8.79. The number of nitrogens with zero attached hydrogens (tertiary/aromatic N) is 3. The zero-order chi connectivity index (χ0) is 23.2. The van der Waals surface area contributed by atoms with Crippen LogP contribution in [0, 0.1) is 0 Å². The molecule has 0 aliphatic carbocycles. The van der Waals surface area contributed by atoms with Gasteiger partial charge in [0.15, 0.2) is 0 Å². The van der Waals surface area contributed by atoms with E-state index < -0.39 is 22.1 Å². The van der Waals surface area contributed by atoms with Crippen LogP contribution in [0.4, 0.5) is 0 Å². The predicted octanol–water partition coefficient (Wildman–Crippen LogP) is 2.87. The minimum absolute atomic E-state index is 0.0130. The normalized spacial score (nSPS) is 20.5. The third-order valence-corrected chi connectivity index (χ3v) is 9.57. The van der Waals surface area contributed by atoms with E-state index in [2.05, 4.69) is 9.97 Å². The lowest BCUT2D eigenvalue weighted by Gasteiger charge is -2.43. The highest BCUT2D eigenvalue weighted by atomic mass is 35.5. The van der Waals surface area contributed by atoms with E-state index in [0.717, 1.165) is 44.3 Å². The van der Waals surface area contributed by atoms with Gasteiger partial charge in [-0.1, -0.05) is 17.7 Å². The summed E-state index contributed by atoms with van der Waals surface area (Å²) in [4.78, 5) is 21.3. The van der Waals surface area contributed by atoms with E-state index in [1.54, 1.807) is 36.7 Å². The Bertz CT molecular complexity index is 1400. The SMILES string of the molecule is O=CC1CN(S(=O)(=O)c2cc3ccc(Cl)cc3s2)CC(CO)N1Cc1cc2cnccc2[nH]1. The lowest BCUT2D eigenvalue weighted by Crippen LogP contribution is -2.61. The lowest BCUT2D eigenvalue weighted by molar-refractivity contribution is -0.116. The van der Waals surface area contributed by atoms with Crippen molar-refractivity contribution in [2.75, 3.05) is 19.7 Å². The number of aliphatic hydroxyl groups excluding tert-OH is 1. The maximum Gasteiger partial charge on any atom is 0.252 e. The van der Waals surface area contributed by atoms with Gasteiger partial charge in [0, 0.05) is 64.4 Å². The molecular weight excluding hydrogens is 484 g/mol. The Morgan fingerprint density at radius 3 is 2.82 bits per heavy atom. The number of sulfonamides is 1. The molecule has 172 valence electrons. The van der Waals surface area contributed by atoms with Crippen LogP contribution in [0.2, 0.25) is 5.02 Å². The van der Waals surface area contributed by atoms with Gasteiger partial charge >= 0.3 is 0 Å². The van der Waals surface area contributed by atoms with Crippen LogP contribution >= 0.6 is 22.9 Å². The van der Waals surface area contributed by atoms with Gasteiger partial charge in [0.05, 0.1) is 12.6 Å². The molecule has 1 aliphatic rings. The number of rotatable bonds is 6. The summed E-state index contributed by atoms with van der Waals surface area (Å²) in [7, 11) is -3.84. The number of thiophene rings is 1. The number of nitrogens with one attached hydrogen (secondary N) is 1. The topological polar surface area (TPSA) is 107 Å². The Balaban J connectivity index is 1.42. The van der Waals surface area contributed by atoms with Crippen LogP contribution in [0.25, 0.3) is 21.0 Å². The van der Waals surface area contributed by atoms with Crippen molar-refractivity contribution in [2.45, 2.75) is 22.8 Å². The molecule has 0 spiro atoms. The number of fused-ring (bicyclic) bond motifs is 2. The predicted molar refractivity (Wildman–Crippen MR) is 128 cm³/mol. The number of H-pyrrole nitrogens is 1. The van der Waals surface area contributed by atoms with Gasteiger partial charge in [0.1, 0.15) is 10.5 Å². The first kappa shape index (κ1) is 22.5. The van der Waals surface area contributed by atoms with Crippen molar-refractivity contribution in [1.82, 2.24) is 19.2 Å². The summed E-state index contributed by atoms with van der Waals surface area (Å²) in [5.41, 5.74) is 1.79. The molecule has 0 saturated carbocycles. The third kappa shape index (κ3) is 4.18. The number of aromatic amines is 1. The molecule has 4 aromatic rings. The first-order valence-corrected chi connectivity index (χ1v) is 13.0. The van der Waals surface area contributed by atoms with Gasteiger partial charge in [-0.05, 0) is 35.7 Å². The van der Waals surface area contributed by atoms with Crippen LogP contribution in [-0.4, -0.2) is 70.8 Å². The minimum Gasteiger partial charge on any atom is -0.395 e. The summed E-state index contributed by atoms with van der Waals surface area (Å²) in [6.07, 6.45) is 4.19. The Labute approximate surface area is 199 Å². The molecule has 1 aromatic carbocycles. The number of pyridine rings is 1. The van der Waals surface area contributed by atoms with Gasteiger partial charge in [0.25, 0.3) is 10.0 Å². The molecule has 11 heteroatoms. The van der Waals surface area contributed by atoms with E-state index >= 15 is 0 Å². The zero-order valence-electron chi connectivity index (χ0n) is 17.4. The molecule has 1 saturated heterocycles. The maximum absolute atomic E-state index is 13.4. The van der Waals surface area contributed by atoms with Crippen molar-refractivity contribution >= 4 is 60.2 Å². The van der Waals surface area contributed by atoms with Crippen LogP contribution in [0.5, 0.6) is 0 Å². The Kier molecular flexibility index (Phi) is 5.98. The van der Waals surface area contributed by atoms with Crippen molar-refractivity contribution in [2.24, 2.45) is 0 Å². The first-order chi connectivity index (χ1) is 15.9. The average Bonchev–Trinajstić information content (AvgIpc) is 3.42. The summed E-state index contributed by atoms with van der Waals surface area (Å²) < 4.78 is 29.1. The van der Waals surface area contributed by atoms with E-state index in [9.17, 15) is 18.3 Å². The molecule has 8 nitrogen and oxygen atoms in total. The van der Waals surface area contributed by atoms with E-state index in [1.165, 1.54) is 4.31 Å². The molecule has 5 rings (SSSR count). The zero-order valence-corrected chi connectivity index (χ0v) is 19.8. The van der Waals surface area contributed by atoms with Crippen molar-refractivity contribution in [3.63, 3.8) is 0 Å². The highest BCUT2D eigenvalue weighted by Gasteiger charge is 2.40. The fourth-order valence-electron chi connectivity index (χ4n) is 4.27. The molecule has 0 amide bonds. The molecule has 2 atom stereocenters. The molecule has 1 fully saturated rings. The van der Waals surface area contributed by atoms with Gasteiger partial charge < -0.3 is 14.9 Å². The van der Waals surface area contributed by atoms with Crippen molar-refractivity contribution in [1.29, 1.82) is 0 Å². The molecule has 0 radical (unpaired) electrons. The number of aldehydes is 1. The number of hydrogen-bond acceptors (Lipinski definition) is 7. The highest BCUT2D eigenvalue weighted by molar-refractivity contribution is 7.91. The van der Waals surface area contributed by atoms with Crippen molar-refractivity contribution in [3.8, 4) is 0 Å². The third-order valence-electron chi connectivity index (χ3n) is 5.95. The monoisotopic (exact) mass is 504 g/mol. The van der Waals surface area contributed by atoms with E-state index in [-0.39, 0.29) is 23.9 Å². The summed E-state index contributed by atoms with van der Waals surface area (Å²) in [6.45, 7) is 0.192. The van der Waals surface area contributed by atoms with Gasteiger partial charge in [0.2, 0.25) is 0 Å². The number of piperazine rings is 1. The van der Waals surface area contributed by atoms with Gasteiger partial charge in [-0.2, -0.15) is 4.31 Å². The highest BCUT2D eigenvalue weighted by Crippen LogP contribution is 2.34. The molecular formula is C22H21ClN4O4S2. The minimum atomic E-state index is -3.84. The van der Waals surface area contributed by atoms with Crippen LogP contribution in [0.15, 0.2) is 53.0 Å². The molecule has 3 aromatic heterocycles. The largest absolute Gasteiger partial charge is 0.395 e. The second-order valence-electron chi connectivity index (χ2n) is 8.04. The van der Waals surface area contributed by atoms with Gasteiger partial charge in [-0.25, -0.2) is 8.42 Å². The second-order valence-corrected chi connectivity index (χ2v) is 11.7. The average molecular weight is 505 g/mol. The number of benzene rings is 1. The fourth-order valence-corrected chi connectivity index (χ4v) is 7.60. The smallest absolute Gasteiger partial charge is 0.252 e. The molecule has 4 heterocycles. The summed E-state index contributed by atoms with van der Waals surface area (Å²) in [6, 6.07) is 9.45. The molecule has 2 unspecified atom stereocenters. The molecule has 1 aliphatic heterocycles. The van der Waals surface area contributed by atoms with Crippen LogP contribution in [0.3, 0.4) is 0 Å². The van der Waals surface area contributed by atoms with E-state index in [1.807, 2.05) is 17.0 Å². The maximum atomic E-state index is 13.4. The van der Waals surface area contributed by atoms with Crippen molar-refractivity contribution in [3.05, 3.63) is 59.5 Å². The standard InChI is InChI=1S/C22H21ClN4O4S2/c23-16-2-1-14-6-22(32-21(14)7-16)33(30,31)26-10-18(12-28)27(19(11-26)13-29)9-17-5-15-8-24-4-3-20(15)25-17/h1-8,12,18-19,25,29H,9-11,13H2. The molecule has 2 N–H and O–H groups in total. The summed E-state index contributed by atoms with van der Waals surface area (Å²) >= 11 is 7.19. The van der Waals surface area contributed by atoms with Crippen LogP contribution < -0.4 is 0 Å². The molecule has 0 bridgehead atoms. The Hall–Kier alpha value is -2.34. The van der Waals surface area contributed by atoms with E-state index in [0.29, 0.717) is 11.6 Å². The summed E-state index contributed by atoms with van der Waals surface area (Å²) in [5.74, 6) is 0. The number of aromatic nitrogens is 2. The Morgan fingerprint density at radius 1 is 1.21 bits per heavy atom. The molecule has 33 heavy (non-hydrogen) atoms. The Morgan fingerprint density at radius 2 is 2.06 bits per heavy atom. The number of aliphatic hydroxyl groups is 1. The van der Waals surface area contributed by atoms with Crippen LogP contribution in [-0.2, 0) is 21.4 Å². The fraction of sp³-hybridized carbons (Fsp3) is 0.273. The first-order valence-electron chi connectivity index (χ1n) is 10.3. The van der Waals surface area contributed by atoms with Crippen molar-refractivity contribution < 1.29 is 18.3 Å². The van der Waals surface area contributed by atoms with Gasteiger partial charge in [-0.3, -0.25) is 9.88 Å². The summed E-state index contributed by atoms with van der Waals surface area (Å²) in [5, 5.41) is 12.4.